The van der Waals surface area contributed by atoms with E-state index in [9.17, 15) is 14.7 Å². The zero-order valence-corrected chi connectivity index (χ0v) is 11.8. The number of benzene rings is 1. The van der Waals surface area contributed by atoms with Crippen molar-refractivity contribution in [2.45, 2.75) is 18.9 Å². The van der Waals surface area contributed by atoms with Crippen LogP contribution in [0, 0.1) is 5.92 Å². The van der Waals surface area contributed by atoms with E-state index in [4.69, 9.17) is 10.6 Å². The molecule has 116 valence electrons. The van der Waals surface area contributed by atoms with Crippen LogP contribution >= 0.6 is 0 Å². The van der Waals surface area contributed by atoms with E-state index in [1.54, 1.807) is 12.1 Å². The van der Waals surface area contributed by atoms with Crippen molar-refractivity contribution in [2.24, 2.45) is 11.0 Å². The van der Waals surface area contributed by atoms with Crippen LogP contribution in [-0.2, 0) is 9.59 Å². The number of rotatable bonds is 6. The van der Waals surface area contributed by atoms with Crippen LogP contribution in [0.1, 0.15) is 24.4 Å². The second kappa shape index (κ2) is 6.82. The summed E-state index contributed by atoms with van der Waals surface area (Å²) in [5.74, 6) is -1.30. The van der Waals surface area contributed by atoms with Crippen LogP contribution in [0.4, 0.5) is 0 Å². The molecule has 0 saturated carbocycles. The minimum Gasteiger partial charge on any atom is -0.508 e. The van der Waals surface area contributed by atoms with Crippen molar-refractivity contribution in [3.05, 3.63) is 40.3 Å². The number of phenolic OH excluding ortho intramolecular Hbond substituents is 1. The summed E-state index contributed by atoms with van der Waals surface area (Å²) in [5.41, 5.74) is 8.92. The maximum atomic E-state index is 12.2. The molecular weight excluding hydrogens is 288 g/mol. The Bertz CT molecular complexity index is 627. The van der Waals surface area contributed by atoms with Gasteiger partial charge in [-0.3, -0.25) is 9.59 Å². The molecule has 0 aromatic heterocycles. The Morgan fingerprint density at radius 1 is 1.55 bits per heavy atom. The molecule has 1 aliphatic heterocycles. The molecule has 2 rings (SSSR count). The van der Waals surface area contributed by atoms with Gasteiger partial charge in [0.15, 0.2) is 0 Å². The molecular formula is C14H16N4O4. The van der Waals surface area contributed by atoms with Crippen molar-refractivity contribution in [1.82, 2.24) is 4.90 Å². The summed E-state index contributed by atoms with van der Waals surface area (Å²) in [6, 6.07) is 5.59. The van der Waals surface area contributed by atoms with Gasteiger partial charge in [-0.05, 0) is 29.1 Å². The average molecular weight is 304 g/mol. The molecule has 1 aliphatic rings. The first kappa shape index (κ1) is 15.7. The molecule has 0 bridgehead atoms. The normalized spacial score (nSPS) is 18.8. The predicted octanol–water partition coefficient (Wildman–Crippen LogP) is 2.07. The monoisotopic (exact) mass is 304 g/mol. The second-order valence-electron chi connectivity index (χ2n) is 5.24. The van der Waals surface area contributed by atoms with Gasteiger partial charge in [0.25, 0.3) is 0 Å². The molecule has 1 aromatic rings. The number of hydrogen-bond donors (Lipinski definition) is 2. The van der Waals surface area contributed by atoms with E-state index < -0.39 is 12.0 Å². The van der Waals surface area contributed by atoms with E-state index >= 15 is 0 Å². The fourth-order valence-corrected chi connectivity index (χ4v) is 2.69. The van der Waals surface area contributed by atoms with E-state index in [1.165, 1.54) is 17.0 Å². The number of carboxylic acid groups (broad SMARTS) is 1. The lowest BCUT2D eigenvalue weighted by atomic mass is 10.0. The molecule has 1 aromatic carbocycles. The zero-order valence-electron chi connectivity index (χ0n) is 11.8. The summed E-state index contributed by atoms with van der Waals surface area (Å²) >= 11 is 0. The lowest BCUT2D eigenvalue weighted by Crippen LogP contribution is -2.32. The molecule has 1 heterocycles. The van der Waals surface area contributed by atoms with Crippen molar-refractivity contribution in [3.8, 4) is 5.75 Å². The number of aliphatic carboxylic acids is 1. The van der Waals surface area contributed by atoms with Gasteiger partial charge in [-0.15, -0.1) is 0 Å². The Kier molecular flexibility index (Phi) is 4.85. The van der Waals surface area contributed by atoms with Crippen LogP contribution in [0.3, 0.4) is 0 Å². The Labute approximate surface area is 126 Å². The lowest BCUT2D eigenvalue weighted by Gasteiger charge is -2.27. The molecule has 0 radical (unpaired) electrons. The molecule has 1 fully saturated rings. The maximum absolute atomic E-state index is 12.2. The van der Waals surface area contributed by atoms with Crippen molar-refractivity contribution in [2.75, 3.05) is 13.1 Å². The third kappa shape index (κ3) is 3.67. The Morgan fingerprint density at radius 3 is 2.95 bits per heavy atom. The molecule has 22 heavy (non-hydrogen) atoms. The number of phenols is 1. The molecule has 1 amide bonds. The Balaban J connectivity index is 2.24. The van der Waals surface area contributed by atoms with Gasteiger partial charge >= 0.3 is 5.97 Å². The molecule has 0 spiro atoms. The van der Waals surface area contributed by atoms with Gasteiger partial charge in [0, 0.05) is 24.4 Å². The minimum atomic E-state index is -1.03. The number of hydrogen-bond acceptors (Lipinski definition) is 4. The molecule has 8 nitrogen and oxygen atoms in total. The summed E-state index contributed by atoms with van der Waals surface area (Å²) < 4.78 is 0. The summed E-state index contributed by atoms with van der Waals surface area (Å²) in [5, 5.41) is 22.1. The Morgan fingerprint density at radius 2 is 2.32 bits per heavy atom. The standard InChI is InChI=1S/C14H16N4O4/c15-17-16-7-9-4-13(20)18(8-9)12(6-14(21)22)10-2-1-3-11(19)5-10/h1-3,5,9,12,19H,4,6-8H2,(H,21,22). The van der Waals surface area contributed by atoms with Gasteiger partial charge in [-0.2, -0.15) is 0 Å². The molecule has 1 saturated heterocycles. The largest absolute Gasteiger partial charge is 0.508 e. The topological polar surface area (TPSA) is 127 Å². The maximum Gasteiger partial charge on any atom is 0.305 e. The van der Waals surface area contributed by atoms with Gasteiger partial charge in [-0.25, -0.2) is 0 Å². The third-order valence-corrected chi connectivity index (χ3v) is 3.64. The average Bonchev–Trinajstić information content (AvgIpc) is 2.83. The van der Waals surface area contributed by atoms with Gasteiger partial charge in [0.05, 0.1) is 12.5 Å². The fraction of sp³-hybridized carbons (Fsp3) is 0.429. The van der Waals surface area contributed by atoms with E-state index in [0.29, 0.717) is 12.1 Å². The van der Waals surface area contributed by atoms with Gasteiger partial charge < -0.3 is 15.1 Å². The van der Waals surface area contributed by atoms with E-state index in [0.717, 1.165) is 0 Å². The fourth-order valence-electron chi connectivity index (χ4n) is 2.69. The second-order valence-corrected chi connectivity index (χ2v) is 5.24. The van der Waals surface area contributed by atoms with E-state index in [2.05, 4.69) is 10.0 Å². The number of aromatic hydroxyl groups is 1. The highest BCUT2D eigenvalue weighted by molar-refractivity contribution is 5.80. The van der Waals surface area contributed by atoms with Gasteiger partial charge in [-0.1, -0.05) is 17.2 Å². The van der Waals surface area contributed by atoms with Crippen molar-refractivity contribution in [3.63, 3.8) is 0 Å². The summed E-state index contributed by atoms with van der Waals surface area (Å²) in [4.78, 5) is 27.4. The van der Waals surface area contributed by atoms with E-state index in [1.807, 2.05) is 0 Å². The van der Waals surface area contributed by atoms with E-state index in [-0.39, 0.29) is 37.0 Å². The van der Waals surface area contributed by atoms with Crippen LogP contribution in [-0.4, -0.2) is 40.1 Å². The third-order valence-electron chi connectivity index (χ3n) is 3.64. The summed E-state index contributed by atoms with van der Waals surface area (Å²) in [6.45, 7) is 0.546. The Hall–Kier alpha value is -2.73. The van der Waals surface area contributed by atoms with Crippen LogP contribution in [0.25, 0.3) is 10.4 Å². The van der Waals surface area contributed by atoms with Gasteiger partial charge in [0.2, 0.25) is 5.91 Å². The molecule has 2 N–H and O–H groups in total. The van der Waals surface area contributed by atoms with Crippen LogP contribution in [0.15, 0.2) is 29.4 Å². The first-order valence-electron chi connectivity index (χ1n) is 6.82. The summed E-state index contributed by atoms with van der Waals surface area (Å²) in [7, 11) is 0. The first-order chi connectivity index (χ1) is 10.5. The highest BCUT2D eigenvalue weighted by Crippen LogP contribution is 2.32. The molecule has 0 aliphatic carbocycles. The minimum absolute atomic E-state index is 0.0187. The highest BCUT2D eigenvalue weighted by atomic mass is 16.4. The number of nitrogens with zero attached hydrogens (tertiary/aromatic N) is 4. The number of azide groups is 1. The molecule has 8 heteroatoms. The van der Waals surface area contributed by atoms with Crippen LogP contribution < -0.4 is 0 Å². The lowest BCUT2D eigenvalue weighted by molar-refractivity contribution is -0.139. The zero-order chi connectivity index (χ0) is 16.1. The van der Waals surface area contributed by atoms with Crippen LogP contribution in [0.2, 0.25) is 0 Å². The highest BCUT2D eigenvalue weighted by Gasteiger charge is 2.35. The smallest absolute Gasteiger partial charge is 0.305 e. The number of carbonyl (C=O) groups excluding carboxylic acids is 1. The molecule has 2 atom stereocenters. The predicted molar refractivity (Wildman–Crippen MR) is 76.9 cm³/mol. The summed E-state index contributed by atoms with van der Waals surface area (Å²) in [6.07, 6.45) is -0.0165. The number of amides is 1. The van der Waals surface area contributed by atoms with Crippen molar-refractivity contribution < 1.29 is 19.8 Å². The number of carbonyl (C=O) groups is 2. The quantitative estimate of drug-likeness (QED) is 0.473. The number of likely N-dealkylation sites (tertiary alicyclic amines) is 1. The SMILES string of the molecule is [N-]=[N+]=NCC1CC(=O)N(C(CC(=O)O)c2cccc(O)c2)C1. The van der Waals surface area contributed by atoms with Gasteiger partial charge in [0.1, 0.15) is 5.75 Å². The molecule has 2 unspecified atom stereocenters. The van der Waals surface area contributed by atoms with Crippen molar-refractivity contribution in [1.29, 1.82) is 0 Å². The number of carboxylic acids is 1. The first-order valence-corrected chi connectivity index (χ1v) is 6.82. The van der Waals surface area contributed by atoms with Crippen molar-refractivity contribution >= 4 is 11.9 Å². The van der Waals surface area contributed by atoms with Crippen LogP contribution in [0.5, 0.6) is 5.75 Å².